The Balaban J connectivity index is 3.61. The van der Waals surface area contributed by atoms with E-state index in [0.29, 0.717) is 0 Å². The number of anilines is 1. The third-order valence-electron chi connectivity index (χ3n) is 2.97. The number of aliphatic hydroxyl groups is 2. The Morgan fingerprint density at radius 1 is 1.13 bits per heavy atom. The van der Waals surface area contributed by atoms with E-state index in [-0.39, 0.29) is 32.0 Å². The molecule has 0 unspecified atom stereocenters. The molecule has 11 nitrogen and oxygen atoms in total. The SMILES string of the molecule is COC(=O)c1cc([N+](=O)[O-])c(N(CCO)CCO)cc1[N+](=O)[O-]. The summed E-state index contributed by atoms with van der Waals surface area (Å²) in [5, 5.41) is 40.4. The van der Waals surface area contributed by atoms with E-state index >= 15 is 0 Å². The van der Waals surface area contributed by atoms with E-state index in [1.807, 2.05) is 0 Å². The molecule has 126 valence electrons. The van der Waals surface area contributed by atoms with Crippen LogP contribution >= 0.6 is 0 Å². The quantitative estimate of drug-likeness (QED) is 0.383. The van der Waals surface area contributed by atoms with Crippen LogP contribution in [0.1, 0.15) is 10.4 Å². The molecule has 0 aliphatic rings. The summed E-state index contributed by atoms with van der Waals surface area (Å²) in [5.74, 6) is -1.08. The Kier molecular flexibility index (Phi) is 6.35. The number of methoxy groups -OCH3 is 1. The highest BCUT2D eigenvalue weighted by Gasteiger charge is 2.30. The van der Waals surface area contributed by atoms with Crippen LogP contribution in [0.15, 0.2) is 12.1 Å². The molecule has 1 aromatic carbocycles. The Morgan fingerprint density at radius 3 is 2.04 bits per heavy atom. The summed E-state index contributed by atoms with van der Waals surface area (Å²) < 4.78 is 4.40. The van der Waals surface area contributed by atoms with Crippen LogP contribution in [0.3, 0.4) is 0 Å². The number of carbonyl (C=O) groups is 1. The van der Waals surface area contributed by atoms with Crippen LogP contribution in [0.4, 0.5) is 17.1 Å². The van der Waals surface area contributed by atoms with Crippen molar-refractivity contribution in [1.29, 1.82) is 0 Å². The van der Waals surface area contributed by atoms with Crippen LogP contribution in [0.5, 0.6) is 0 Å². The van der Waals surface area contributed by atoms with Crippen molar-refractivity contribution in [2.45, 2.75) is 0 Å². The average Bonchev–Trinajstić information content (AvgIpc) is 2.52. The highest BCUT2D eigenvalue weighted by Crippen LogP contribution is 2.35. The maximum Gasteiger partial charge on any atom is 0.345 e. The first-order chi connectivity index (χ1) is 10.9. The minimum atomic E-state index is -1.08. The number of aliphatic hydroxyl groups excluding tert-OH is 2. The standard InChI is InChI=1S/C12H15N3O8/c1-23-12(18)8-6-11(15(21)22)10(7-9(8)14(19)20)13(2-4-16)3-5-17/h6-7,16-17H,2-5H2,1H3. The van der Waals surface area contributed by atoms with E-state index in [9.17, 15) is 25.0 Å². The van der Waals surface area contributed by atoms with E-state index < -0.39 is 32.8 Å². The average molecular weight is 329 g/mol. The molecule has 1 aromatic rings. The van der Waals surface area contributed by atoms with Crippen molar-refractivity contribution in [1.82, 2.24) is 0 Å². The lowest BCUT2D eigenvalue weighted by Gasteiger charge is -2.22. The molecule has 0 aromatic heterocycles. The number of carbonyl (C=O) groups excluding carboxylic acids is 1. The third-order valence-corrected chi connectivity index (χ3v) is 2.97. The molecule has 0 aliphatic carbocycles. The Morgan fingerprint density at radius 2 is 1.65 bits per heavy atom. The van der Waals surface area contributed by atoms with Crippen molar-refractivity contribution in [3.8, 4) is 0 Å². The van der Waals surface area contributed by atoms with Crippen LogP contribution in [0.2, 0.25) is 0 Å². The van der Waals surface area contributed by atoms with Gasteiger partial charge in [0.15, 0.2) is 0 Å². The van der Waals surface area contributed by atoms with Crippen LogP contribution in [0.25, 0.3) is 0 Å². The van der Waals surface area contributed by atoms with Gasteiger partial charge < -0.3 is 19.8 Å². The predicted octanol–water partition coefficient (Wildman–Crippen LogP) is 0.0806. The lowest BCUT2D eigenvalue weighted by molar-refractivity contribution is -0.388. The fourth-order valence-corrected chi connectivity index (χ4v) is 1.98. The molecule has 0 aliphatic heterocycles. The second-order valence-corrected chi connectivity index (χ2v) is 4.30. The summed E-state index contributed by atoms with van der Waals surface area (Å²) in [4.78, 5) is 33.5. The minimum absolute atomic E-state index is 0.0872. The van der Waals surface area contributed by atoms with Crippen LogP contribution < -0.4 is 4.90 Å². The van der Waals surface area contributed by atoms with E-state index in [4.69, 9.17) is 10.2 Å². The van der Waals surface area contributed by atoms with Crippen molar-refractivity contribution in [2.24, 2.45) is 0 Å². The molecule has 0 amide bonds. The molecule has 0 radical (unpaired) electrons. The van der Waals surface area contributed by atoms with Gasteiger partial charge in [-0.2, -0.15) is 0 Å². The van der Waals surface area contributed by atoms with Gasteiger partial charge in [0.05, 0.1) is 30.2 Å². The van der Waals surface area contributed by atoms with Crippen LogP contribution in [-0.4, -0.2) is 59.4 Å². The number of ether oxygens (including phenoxy) is 1. The van der Waals surface area contributed by atoms with E-state index in [1.165, 1.54) is 4.90 Å². The maximum absolute atomic E-state index is 11.6. The number of nitro groups is 2. The zero-order chi connectivity index (χ0) is 17.6. The van der Waals surface area contributed by atoms with Gasteiger partial charge in [0.2, 0.25) is 0 Å². The van der Waals surface area contributed by atoms with Gasteiger partial charge in [0.25, 0.3) is 11.4 Å². The summed E-state index contributed by atoms with van der Waals surface area (Å²) in [6.45, 7) is -0.945. The highest BCUT2D eigenvalue weighted by atomic mass is 16.6. The smallest absolute Gasteiger partial charge is 0.345 e. The van der Waals surface area contributed by atoms with Crippen molar-refractivity contribution in [2.75, 3.05) is 38.3 Å². The molecule has 0 heterocycles. The van der Waals surface area contributed by atoms with Gasteiger partial charge >= 0.3 is 5.97 Å². The maximum atomic E-state index is 11.6. The van der Waals surface area contributed by atoms with Gasteiger partial charge in [0, 0.05) is 25.2 Å². The van der Waals surface area contributed by atoms with Gasteiger partial charge in [-0.1, -0.05) is 0 Å². The normalized spacial score (nSPS) is 10.2. The van der Waals surface area contributed by atoms with Crippen molar-refractivity contribution in [3.05, 3.63) is 37.9 Å². The summed E-state index contributed by atoms with van der Waals surface area (Å²) in [6.07, 6.45) is 0. The zero-order valence-corrected chi connectivity index (χ0v) is 12.2. The van der Waals surface area contributed by atoms with Crippen molar-refractivity contribution < 1.29 is 29.6 Å². The summed E-state index contributed by atoms with van der Waals surface area (Å²) in [7, 11) is 0.996. The Hall–Kier alpha value is -2.79. The number of hydrogen-bond donors (Lipinski definition) is 2. The molecule has 0 bridgehead atoms. The molecule has 0 spiro atoms. The van der Waals surface area contributed by atoms with E-state index in [2.05, 4.69) is 4.74 Å². The van der Waals surface area contributed by atoms with Gasteiger partial charge in [-0.05, 0) is 0 Å². The van der Waals surface area contributed by atoms with Crippen molar-refractivity contribution in [3.63, 3.8) is 0 Å². The highest BCUT2D eigenvalue weighted by molar-refractivity contribution is 5.96. The Bertz CT molecular complexity index is 613. The van der Waals surface area contributed by atoms with Gasteiger partial charge in [0.1, 0.15) is 11.3 Å². The fourth-order valence-electron chi connectivity index (χ4n) is 1.98. The van der Waals surface area contributed by atoms with Gasteiger partial charge in [-0.15, -0.1) is 0 Å². The third kappa shape index (κ3) is 4.11. The topological polar surface area (TPSA) is 156 Å². The molecule has 11 heteroatoms. The molecule has 0 atom stereocenters. The van der Waals surface area contributed by atoms with Crippen molar-refractivity contribution >= 4 is 23.0 Å². The molecule has 0 saturated carbocycles. The Labute approximate surface area is 130 Å². The monoisotopic (exact) mass is 329 g/mol. The first-order valence-corrected chi connectivity index (χ1v) is 6.39. The van der Waals surface area contributed by atoms with Crippen LogP contribution in [-0.2, 0) is 4.74 Å². The number of benzene rings is 1. The molecular weight excluding hydrogens is 314 g/mol. The molecule has 0 fully saturated rings. The van der Waals surface area contributed by atoms with Gasteiger partial charge in [-0.25, -0.2) is 4.79 Å². The van der Waals surface area contributed by atoms with E-state index in [0.717, 1.165) is 19.2 Å². The van der Waals surface area contributed by atoms with Gasteiger partial charge in [-0.3, -0.25) is 20.2 Å². The largest absolute Gasteiger partial charge is 0.465 e. The second kappa shape index (κ2) is 8.00. The predicted molar refractivity (Wildman–Crippen MR) is 77.5 cm³/mol. The van der Waals surface area contributed by atoms with Crippen LogP contribution in [0, 0.1) is 20.2 Å². The molecule has 1 rings (SSSR count). The summed E-state index contributed by atoms with van der Waals surface area (Å²) in [5.41, 5.74) is -1.98. The lowest BCUT2D eigenvalue weighted by atomic mass is 10.1. The molecule has 23 heavy (non-hydrogen) atoms. The summed E-state index contributed by atoms with van der Waals surface area (Å²) in [6, 6.07) is 1.61. The second-order valence-electron chi connectivity index (χ2n) is 4.30. The molecule has 2 N–H and O–H groups in total. The molecule has 0 saturated heterocycles. The fraction of sp³-hybridized carbons (Fsp3) is 0.417. The minimum Gasteiger partial charge on any atom is -0.465 e. The molecular formula is C12H15N3O8. The number of esters is 1. The first kappa shape index (κ1) is 18.3. The zero-order valence-electron chi connectivity index (χ0n) is 12.2. The number of hydrogen-bond acceptors (Lipinski definition) is 9. The lowest BCUT2D eigenvalue weighted by Crippen LogP contribution is -2.30. The summed E-state index contributed by atoms with van der Waals surface area (Å²) >= 11 is 0. The number of nitrogens with zero attached hydrogens (tertiary/aromatic N) is 3. The number of nitro benzene ring substituents is 2. The number of rotatable bonds is 8. The van der Waals surface area contributed by atoms with E-state index in [1.54, 1.807) is 0 Å². The first-order valence-electron chi connectivity index (χ1n) is 6.39.